The number of H-pyrrole nitrogens is 1. The van der Waals surface area contributed by atoms with Gasteiger partial charge in [-0.25, -0.2) is 4.98 Å². The van der Waals surface area contributed by atoms with E-state index in [0.29, 0.717) is 29.8 Å². The molecule has 6 rings (SSSR count). The molecule has 0 radical (unpaired) electrons. The number of hydrogen-bond acceptors (Lipinski definition) is 4. The Morgan fingerprint density at radius 3 is 2.43 bits per heavy atom. The van der Waals surface area contributed by atoms with Crippen molar-refractivity contribution in [1.82, 2.24) is 19.8 Å². The van der Waals surface area contributed by atoms with Crippen LogP contribution in [-0.2, 0) is 0 Å². The highest BCUT2D eigenvalue weighted by Crippen LogP contribution is 2.33. The maximum Gasteiger partial charge on any atom is 0.261 e. The van der Waals surface area contributed by atoms with Crippen molar-refractivity contribution in [2.45, 2.75) is 63.8 Å². The van der Waals surface area contributed by atoms with E-state index in [1.165, 1.54) is 10.5 Å². The van der Waals surface area contributed by atoms with Crippen molar-refractivity contribution in [2.75, 3.05) is 13.1 Å². The molecule has 7 heteroatoms. The first kappa shape index (κ1) is 22.0. The number of nitrogens with one attached hydrogen (secondary N) is 1. The number of imidazole rings is 1. The Labute approximate surface area is 204 Å². The maximum absolute atomic E-state index is 13.3. The van der Waals surface area contributed by atoms with E-state index in [9.17, 15) is 14.4 Å². The number of likely N-dealkylation sites (tertiary alicyclic amines) is 1. The van der Waals surface area contributed by atoms with Gasteiger partial charge in [0.05, 0.1) is 22.2 Å². The van der Waals surface area contributed by atoms with Crippen LogP contribution in [0.15, 0.2) is 36.4 Å². The second-order valence-electron chi connectivity index (χ2n) is 10.2. The molecule has 2 aliphatic heterocycles. The van der Waals surface area contributed by atoms with Gasteiger partial charge in [-0.15, -0.1) is 0 Å². The zero-order chi connectivity index (χ0) is 24.1. The number of carbonyl (C=O) groups is 3. The van der Waals surface area contributed by atoms with Crippen LogP contribution < -0.4 is 0 Å². The quantitative estimate of drug-likeness (QED) is 0.556. The van der Waals surface area contributed by atoms with Gasteiger partial charge in [0.15, 0.2) is 0 Å². The molecule has 7 nitrogen and oxygen atoms in total. The number of nitrogens with zero attached hydrogens (tertiary/aromatic N) is 3. The summed E-state index contributed by atoms with van der Waals surface area (Å²) in [6.45, 7) is 3.34. The van der Waals surface area contributed by atoms with Gasteiger partial charge in [0.2, 0.25) is 0 Å². The van der Waals surface area contributed by atoms with Gasteiger partial charge in [-0.2, -0.15) is 0 Å². The second kappa shape index (κ2) is 8.63. The van der Waals surface area contributed by atoms with Gasteiger partial charge in [0.25, 0.3) is 17.7 Å². The van der Waals surface area contributed by atoms with E-state index in [1.54, 1.807) is 18.2 Å². The van der Waals surface area contributed by atoms with Gasteiger partial charge in [0.1, 0.15) is 5.82 Å². The first-order chi connectivity index (χ1) is 17.0. The van der Waals surface area contributed by atoms with Gasteiger partial charge in [-0.1, -0.05) is 25.3 Å². The Hall–Kier alpha value is -3.48. The summed E-state index contributed by atoms with van der Waals surface area (Å²) in [7, 11) is 0. The summed E-state index contributed by atoms with van der Waals surface area (Å²) in [5, 5.41) is 0. The fourth-order valence-electron chi connectivity index (χ4n) is 5.94. The van der Waals surface area contributed by atoms with E-state index in [4.69, 9.17) is 4.98 Å². The van der Waals surface area contributed by atoms with Crippen LogP contribution in [0.1, 0.15) is 93.3 Å². The molecule has 1 aromatic heterocycles. The summed E-state index contributed by atoms with van der Waals surface area (Å²) in [5.74, 6) is 0.739. The summed E-state index contributed by atoms with van der Waals surface area (Å²) >= 11 is 0. The van der Waals surface area contributed by atoms with Crippen molar-refractivity contribution in [2.24, 2.45) is 0 Å². The fourth-order valence-corrected chi connectivity index (χ4v) is 5.94. The number of aryl methyl sites for hydroxylation is 1. The predicted octanol–water partition coefficient (Wildman–Crippen LogP) is 4.82. The zero-order valence-corrected chi connectivity index (χ0v) is 20.0. The van der Waals surface area contributed by atoms with Crippen LogP contribution in [0.5, 0.6) is 0 Å². The standard InChI is InChI=1S/C28H30N4O3/c1-17-7-10-23-24(15-17)30-25(29-23)18-11-13-31(14-12-18)26(33)19-8-9-21-22(16-19)28(35)32(27(21)34)20-5-3-2-4-6-20/h7-10,15-16,18,20H,2-6,11-14H2,1H3,(H,29,30). The highest BCUT2D eigenvalue weighted by molar-refractivity contribution is 6.22. The van der Waals surface area contributed by atoms with Crippen LogP contribution >= 0.6 is 0 Å². The number of amides is 3. The Morgan fingerprint density at radius 1 is 0.914 bits per heavy atom. The molecule has 3 amide bonds. The van der Waals surface area contributed by atoms with Crippen LogP contribution in [0.3, 0.4) is 0 Å². The minimum absolute atomic E-state index is 0.0171. The van der Waals surface area contributed by atoms with Crippen LogP contribution in [-0.4, -0.2) is 56.6 Å². The molecule has 35 heavy (non-hydrogen) atoms. The lowest BCUT2D eigenvalue weighted by molar-refractivity contribution is 0.0548. The molecule has 0 atom stereocenters. The number of rotatable bonds is 3. The van der Waals surface area contributed by atoms with E-state index >= 15 is 0 Å². The molecule has 1 saturated heterocycles. The number of fused-ring (bicyclic) bond motifs is 2. The molecule has 1 saturated carbocycles. The summed E-state index contributed by atoms with van der Waals surface area (Å²) < 4.78 is 0. The summed E-state index contributed by atoms with van der Waals surface area (Å²) in [4.78, 5) is 50.9. The molecule has 0 unspecified atom stereocenters. The van der Waals surface area contributed by atoms with Gasteiger partial charge >= 0.3 is 0 Å². The van der Waals surface area contributed by atoms with Crippen LogP contribution in [0.4, 0.5) is 0 Å². The average Bonchev–Trinajstić information content (AvgIpc) is 3.42. The zero-order valence-electron chi connectivity index (χ0n) is 20.0. The molecule has 0 spiro atoms. The highest BCUT2D eigenvalue weighted by atomic mass is 16.2. The third-order valence-corrected chi connectivity index (χ3v) is 7.93. The Kier molecular flexibility index (Phi) is 5.43. The van der Waals surface area contributed by atoms with Gasteiger partial charge in [-0.05, 0) is 68.5 Å². The smallest absolute Gasteiger partial charge is 0.261 e. The van der Waals surface area contributed by atoms with Crippen molar-refractivity contribution >= 4 is 28.8 Å². The van der Waals surface area contributed by atoms with Crippen molar-refractivity contribution in [1.29, 1.82) is 0 Å². The predicted molar refractivity (Wildman–Crippen MR) is 133 cm³/mol. The number of aromatic nitrogens is 2. The molecule has 3 heterocycles. The van der Waals surface area contributed by atoms with E-state index in [1.807, 2.05) is 11.0 Å². The first-order valence-electron chi connectivity index (χ1n) is 12.8. The van der Waals surface area contributed by atoms with Gasteiger partial charge in [0, 0.05) is 30.6 Å². The lowest BCUT2D eigenvalue weighted by atomic mass is 9.94. The van der Waals surface area contributed by atoms with Crippen molar-refractivity contribution < 1.29 is 14.4 Å². The minimum atomic E-state index is -0.245. The van der Waals surface area contributed by atoms with Crippen LogP contribution in [0, 0.1) is 6.92 Å². The monoisotopic (exact) mass is 470 g/mol. The summed E-state index contributed by atoms with van der Waals surface area (Å²) in [6.07, 6.45) is 6.67. The average molecular weight is 471 g/mol. The highest BCUT2D eigenvalue weighted by Gasteiger charge is 2.40. The Bertz CT molecular complexity index is 1330. The van der Waals surface area contributed by atoms with E-state index < -0.39 is 0 Å². The Morgan fingerprint density at radius 2 is 1.66 bits per heavy atom. The molecule has 180 valence electrons. The molecule has 3 aliphatic rings. The summed E-state index contributed by atoms with van der Waals surface area (Å²) in [5.41, 5.74) is 4.51. The summed E-state index contributed by atoms with van der Waals surface area (Å²) in [6, 6.07) is 11.2. The van der Waals surface area contributed by atoms with Crippen LogP contribution in [0.25, 0.3) is 11.0 Å². The van der Waals surface area contributed by atoms with Crippen LogP contribution in [0.2, 0.25) is 0 Å². The number of hydrogen-bond donors (Lipinski definition) is 1. The third-order valence-electron chi connectivity index (χ3n) is 7.93. The molecule has 1 N–H and O–H groups in total. The number of piperidine rings is 1. The van der Waals surface area contributed by atoms with E-state index in [2.05, 4.69) is 24.0 Å². The molecule has 3 aromatic rings. The van der Waals surface area contributed by atoms with Gasteiger partial charge < -0.3 is 9.88 Å². The largest absolute Gasteiger partial charge is 0.342 e. The van der Waals surface area contributed by atoms with E-state index in [0.717, 1.165) is 61.8 Å². The van der Waals surface area contributed by atoms with Crippen molar-refractivity contribution in [3.8, 4) is 0 Å². The molecule has 1 aliphatic carbocycles. The van der Waals surface area contributed by atoms with Crippen molar-refractivity contribution in [3.05, 3.63) is 64.5 Å². The SMILES string of the molecule is Cc1ccc2nc(C3CCN(C(=O)c4ccc5c(c4)C(=O)N(C4CCCCC4)C5=O)CC3)[nH]c2c1. The topological polar surface area (TPSA) is 86.4 Å². The maximum atomic E-state index is 13.3. The third kappa shape index (κ3) is 3.83. The first-order valence-corrected chi connectivity index (χ1v) is 12.8. The second-order valence-corrected chi connectivity index (χ2v) is 10.2. The Balaban J connectivity index is 1.15. The van der Waals surface area contributed by atoms with Crippen molar-refractivity contribution in [3.63, 3.8) is 0 Å². The normalized spacial score (nSPS) is 19.6. The molecule has 0 bridgehead atoms. The number of imide groups is 1. The lowest BCUT2D eigenvalue weighted by Gasteiger charge is -2.31. The van der Waals surface area contributed by atoms with Gasteiger partial charge in [-0.3, -0.25) is 19.3 Å². The number of aromatic amines is 1. The fraction of sp³-hybridized carbons (Fsp3) is 0.429. The minimum Gasteiger partial charge on any atom is -0.342 e. The lowest BCUT2D eigenvalue weighted by Crippen LogP contribution is -2.40. The molecule has 2 aromatic carbocycles. The molecular weight excluding hydrogens is 440 g/mol. The molecular formula is C28H30N4O3. The van der Waals surface area contributed by atoms with E-state index in [-0.39, 0.29) is 29.7 Å². The number of benzene rings is 2. The number of carbonyl (C=O) groups excluding carboxylic acids is 3. The molecule has 2 fully saturated rings.